The van der Waals surface area contributed by atoms with Gasteiger partial charge in [0.1, 0.15) is 0 Å². The van der Waals surface area contributed by atoms with Crippen molar-refractivity contribution in [3.05, 3.63) is 0 Å². The first-order valence-electron chi connectivity index (χ1n) is 7.92. The number of rotatable bonds is 4. The van der Waals surface area contributed by atoms with Crippen molar-refractivity contribution in [3.8, 4) is 0 Å². The van der Waals surface area contributed by atoms with Gasteiger partial charge in [0.2, 0.25) is 5.91 Å². The third kappa shape index (κ3) is 4.46. The summed E-state index contributed by atoms with van der Waals surface area (Å²) in [5, 5.41) is 0. The van der Waals surface area contributed by atoms with Gasteiger partial charge < -0.3 is 10.6 Å². The van der Waals surface area contributed by atoms with E-state index in [1.165, 1.54) is 58.2 Å². The molecule has 2 heterocycles. The van der Waals surface area contributed by atoms with E-state index in [0.29, 0.717) is 0 Å². The van der Waals surface area contributed by atoms with Crippen molar-refractivity contribution >= 4 is 5.91 Å². The van der Waals surface area contributed by atoms with Crippen LogP contribution in [0.4, 0.5) is 0 Å². The summed E-state index contributed by atoms with van der Waals surface area (Å²) < 4.78 is 0. The number of primary amides is 1. The first-order valence-corrected chi connectivity index (χ1v) is 7.92. The number of carbonyl (C=O) groups excluding carboxylic acids is 1. The van der Waals surface area contributed by atoms with Gasteiger partial charge in [0.15, 0.2) is 0 Å². The zero-order valence-electron chi connectivity index (χ0n) is 12.3. The number of hydrogen-bond acceptors (Lipinski definition) is 3. The number of amides is 1. The van der Waals surface area contributed by atoms with Crippen LogP contribution in [0, 0.1) is 5.92 Å². The molecule has 2 aliphatic rings. The molecule has 0 radical (unpaired) electrons. The SMILES string of the molecule is C[C@@H](C(N)=O)N1CCC(CN2CCCCCC2)CC1. The first kappa shape index (κ1) is 14.8. The minimum Gasteiger partial charge on any atom is -0.368 e. The standard InChI is InChI=1S/C15H29N3O/c1-13(15(16)19)18-10-6-14(7-11-18)12-17-8-4-2-3-5-9-17/h13-14H,2-12H2,1H3,(H2,16,19)/t13-/m0/s1. The molecule has 1 atom stereocenters. The van der Waals surface area contributed by atoms with E-state index >= 15 is 0 Å². The van der Waals surface area contributed by atoms with Crippen molar-refractivity contribution in [1.29, 1.82) is 0 Å². The highest BCUT2D eigenvalue weighted by molar-refractivity contribution is 5.79. The fourth-order valence-corrected chi connectivity index (χ4v) is 3.39. The molecule has 0 bridgehead atoms. The van der Waals surface area contributed by atoms with Crippen molar-refractivity contribution in [2.45, 2.75) is 51.5 Å². The van der Waals surface area contributed by atoms with Crippen LogP contribution in [-0.4, -0.2) is 54.5 Å². The van der Waals surface area contributed by atoms with E-state index in [0.717, 1.165) is 19.0 Å². The van der Waals surface area contributed by atoms with Crippen LogP contribution >= 0.6 is 0 Å². The third-order valence-corrected chi connectivity index (χ3v) is 4.82. The van der Waals surface area contributed by atoms with Gasteiger partial charge in [0.05, 0.1) is 6.04 Å². The largest absolute Gasteiger partial charge is 0.368 e. The van der Waals surface area contributed by atoms with Crippen molar-refractivity contribution in [2.75, 3.05) is 32.7 Å². The van der Waals surface area contributed by atoms with Crippen LogP contribution in [-0.2, 0) is 4.79 Å². The minimum absolute atomic E-state index is 0.0980. The molecule has 110 valence electrons. The number of likely N-dealkylation sites (tertiary alicyclic amines) is 2. The van der Waals surface area contributed by atoms with Gasteiger partial charge in [0, 0.05) is 6.54 Å². The summed E-state index contributed by atoms with van der Waals surface area (Å²) in [7, 11) is 0. The molecule has 0 aliphatic carbocycles. The van der Waals surface area contributed by atoms with Crippen LogP contribution < -0.4 is 5.73 Å². The van der Waals surface area contributed by atoms with Gasteiger partial charge in [-0.1, -0.05) is 12.8 Å². The molecular formula is C15H29N3O. The Kier molecular flexibility index (Phi) is 5.64. The molecule has 2 saturated heterocycles. The van der Waals surface area contributed by atoms with Crippen LogP contribution in [0.2, 0.25) is 0 Å². The summed E-state index contributed by atoms with van der Waals surface area (Å²) in [6.07, 6.45) is 7.99. The van der Waals surface area contributed by atoms with E-state index in [1.807, 2.05) is 6.92 Å². The molecule has 2 aliphatic heterocycles. The minimum atomic E-state index is -0.189. The summed E-state index contributed by atoms with van der Waals surface area (Å²) >= 11 is 0. The van der Waals surface area contributed by atoms with Gasteiger partial charge in [-0.2, -0.15) is 0 Å². The molecule has 2 N–H and O–H groups in total. The highest BCUT2D eigenvalue weighted by Crippen LogP contribution is 2.21. The van der Waals surface area contributed by atoms with E-state index in [1.54, 1.807) is 0 Å². The lowest BCUT2D eigenvalue weighted by Gasteiger charge is -2.36. The summed E-state index contributed by atoms with van der Waals surface area (Å²) in [6.45, 7) is 7.83. The molecule has 4 nitrogen and oxygen atoms in total. The number of nitrogens with two attached hydrogens (primary N) is 1. The Morgan fingerprint density at radius 2 is 1.68 bits per heavy atom. The van der Waals surface area contributed by atoms with Crippen LogP contribution in [0.5, 0.6) is 0 Å². The predicted molar refractivity (Wildman–Crippen MR) is 77.9 cm³/mol. The van der Waals surface area contributed by atoms with Crippen molar-refractivity contribution < 1.29 is 4.79 Å². The number of nitrogens with zero attached hydrogens (tertiary/aromatic N) is 2. The highest BCUT2D eigenvalue weighted by Gasteiger charge is 2.26. The molecule has 0 saturated carbocycles. The number of carbonyl (C=O) groups is 1. The molecule has 0 spiro atoms. The van der Waals surface area contributed by atoms with Crippen molar-refractivity contribution in [2.24, 2.45) is 11.7 Å². The molecule has 4 heteroatoms. The monoisotopic (exact) mass is 267 g/mol. The molecular weight excluding hydrogens is 238 g/mol. The fraction of sp³-hybridized carbons (Fsp3) is 0.933. The molecule has 2 rings (SSSR count). The Hall–Kier alpha value is -0.610. The lowest BCUT2D eigenvalue weighted by atomic mass is 9.95. The molecule has 0 aromatic carbocycles. The predicted octanol–water partition coefficient (Wildman–Crippen LogP) is 1.45. The quantitative estimate of drug-likeness (QED) is 0.838. The average Bonchev–Trinajstić information content (AvgIpc) is 2.67. The van der Waals surface area contributed by atoms with Crippen molar-refractivity contribution in [1.82, 2.24) is 9.80 Å². The smallest absolute Gasteiger partial charge is 0.234 e. The average molecular weight is 267 g/mol. The summed E-state index contributed by atoms with van der Waals surface area (Å²) in [5.74, 6) is 0.625. The Morgan fingerprint density at radius 1 is 1.11 bits per heavy atom. The summed E-state index contributed by atoms with van der Waals surface area (Å²) in [4.78, 5) is 16.1. The van der Waals surface area contributed by atoms with Crippen LogP contribution in [0.25, 0.3) is 0 Å². The second kappa shape index (κ2) is 7.25. The van der Waals surface area contributed by atoms with Crippen LogP contribution in [0.3, 0.4) is 0 Å². The van der Waals surface area contributed by atoms with Gasteiger partial charge in [-0.05, 0) is 64.7 Å². The van der Waals surface area contributed by atoms with E-state index < -0.39 is 0 Å². The maximum atomic E-state index is 11.2. The van der Waals surface area contributed by atoms with Gasteiger partial charge in [0.25, 0.3) is 0 Å². The lowest BCUT2D eigenvalue weighted by molar-refractivity contribution is -0.123. The second-order valence-corrected chi connectivity index (χ2v) is 6.27. The zero-order valence-corrected chi connectivity index (χ0v) is 12.3. The number of piperidine rings is 1. The fourth-order valence-electron chi connectivity index (χ4n) is 3.39. The third-order valence-electron chi connectivity index (χ3n) is 4.82. The van der Waals surface area contributed by atoms with Crippen LogP contribution in [0.15, 0.2) is 0 Å². The number of hydrogen-bond donors (Lipinski definition) is 1. The van der Waals surface area contributed by atoms with Gasteiger partial charge >= 0.3 is 0 Å². The van der Waals surface area contributed by atoms with Gasteiger partial charge in [-0.15, -0.1) is 0 Å². The Morgan fingerprint density at radius 3 is 2.21 bits per heavy atom. The summed E-state index contributed by atoms with van der Waals surface area (Å²) in [6, 6.07) is -0.0980. The van der Waals surface area contributed by atoms with E-state index in [-0.39, 0.29) is 11.9 Å². The lowest BCUT2D eigenvalue weighted by Crippen LogP contribution is -2.47. The maximum absolute atomic E-state index is 11.2. The van der Waals surface area contributed by atoms with Gasteiger partial charge in [-0.25, -0.2) is 0 Å². The Labute approximate surface area is 117 Å². The van der Waals surface area contributed by atoms with E-state index in [2.05, 4.69) is 9.80 Å². The molecule has 1 amide bonds. The van der Waals surface area contributed by atoms with Crippen LogP contribution in [0.1, 0.15) is 45.4 Å². The molecule has 0 aromatic heterocycles. The summed E-state index contributed by atoms with van der Waals surface area (Å²) in [5.41, 5.74) is 5.38. The van der Waals surface area contributed by atoms with Gasteiger partial charge in [-0.3, -0.25) is 9.69 Å². The second-order valence-electron chi connectivity index (χ2n) is 6.27. The Balaban J connectivity index is 1.72. The topological polar surface area (TPSA) is 49.6 Å². The van der Waals surface area contributed by atoms with E-state index in [9.17, 15) is 4.79 Å². The molecule has 0 unspecified atom stereocenters. The molecule has 19 heavy (non-hydrogen) atoms. The normalized spacial score (nSPS) is 25.9. The molecule has 2 fully saturated rings. The Bertz CT molecular complexity index is 279. The zero-order chi connectivity index (χ0) is 13.7. The molecule has 0 aromatic rings. The highest BCUT2D eigenvalue weighted by atomic mass is 16.1. The van der Waals surface area contributed by atoms with E-state index in [4.69, 9.17) is 5.73 Å². The van der Waals surface area contributed by atoms with Crippen molar-refractivity contribution in [3.63, 3.8) is 0 Å². The maximum Gasteiger partial charge on any atom is 0.234 e. The first-order chi connectivity index (χ1) is 9.16.